The van der Waals surface area contributed by atoms with Crippen LogP contribution in [0.2, 0.25) is 0 Å². The second-order valence-electron chi connectivity index (χ2n) is 6.66. The molecule has 0 fully saturated rings. The van der Waals surface area contributed by atoms with Crippen LogP contribution in [-0.4, -0.2) is 20.7 Å². The first-order chi connectivity index (χ1) is 13.6. The normalized spacial score (nSPS) is 11.2. The lowest BCUT2D eigenvalue weighted by Crippen LogP contribution is -2.24. The van der Waals surface area contributed by atoms with Gasteiger partial charge in [0, 0.05) is 6.04 Å². The first-order valence-electron chi connectivity index (χ1n) is 9.01. The molecule has 0 radical (unpaired) electrons. The predicted octanol–water partition coefficient (Wildman–Crippen LogP) is 4.13. The summed E-state index contributed by atoms with van der Waals surface area (Å²) in [5.41, 5.74) is 5.09. The van der Waals surface area contributed by atoms with Crippen molar-refractivity contribution in [3.8, 4) is 11.5 Å². The van der Waals surface area contributed by atoms with E-state index in [2.05, 4.69) is 15.6 Å². The maximum atomic E-state index is 12.8. The molecule has 0 atom stereocenters. The molecular formula is C21H20N4O3. The van der Waals surface area contributed by atoms with Gasteiger partial charge in [0.15, 0.2) is 11.4 Å². The Morgan fingerprint density at radius 1 is 1.21 bits per heavy atom. The van der Waals surface area contributed by atoms with Crippen LogP contribution in [-0.2, 0) is 11.4 Å². The van der Waals surface area contributed by atoms with E-state index in [1.165, 1.54) is 0 Å². The number of fused-ring (bicyclic) bond motifs is 1. The zero-order chi connectivity index (χ0) is 19.5. The number of carbonyl (C=O) groups is 1. The van der Waals surface area contributed by atoms with Crippen LogP contribution in [0, 0.1) is 0 Å². The lowest BCUT2D eigenvalue weighted by atomic mass is 10.1. The zero-order valence-corrected chi connectivity index (χ0v) is 15.6. The molecule has 0 saturated heterocycles. The summed E-state index contributed by atoms with van der Waals surface area (Å²) in [6.07, 6.45) is 3.23. The maximum Gasteiger partial charge on any atom is 0.275 e. The molecule has 0 aliphatic rings. The quantitative estimate of drug-likeness (QED) is 0.512. The van der Waals surface area contributed by atoms with Crippen LogP contribution in [0.3, 0.4) is 0 Å². The molecule has 0 aliphatic heterocycles. The van der Waals surface area contributed by atoms with Gasteiger partial charge in [0.25, 0.3) is 5.91 Å². The van der Waals surface area contributed by atoms with Crippen molar-refractivity contribution in [2.75, 3.05) is 0 Å². The van der Waals surface area contributed by atoms with Crippen LogP contribution in [0.25, 0.3) is 22.5 Å². The van der Waals surface area contributed by atoms with Crippen LogP contribution in [0.4, 0.5) is 0 Å². The number of benzene rings is 1. The molecular weight excluding hydrogens is 356 g/mol. The average Bonchev–Trinajstić information content (AvgIpc) is 3.37. The monoisotopic (exact) mass is 376 g/mol. The van der Waals surface area contributed by atoms with Crippen LogP contribution >= 0.6 is 0 Å². The number of furan rings is 1. The summed E-state index contributed by atoms with van der Waals surface area (Å²) in [5.74, 6) is 0.220. The van der Waals surface area contributed by atoms with Gasteiger partial charge in [0.1, 0.15) is 5.69 Å². The third kappa shape index (κ3) is 3.52. The van der Waals surface area contributed by atoms with Crippen molar-refractivity contribution in [2.24, 2.45) is 0 Å². The number of rotatable bonds is 6. The SMILES string of the molecule is CC(C)n1ncc2c(C(=O)NOCc3ccccc3)cc(-c3ccco3)nc21. The molecule has 0 saturated carbocycles. The number of aromatic nitrogens is 3. The molecule has 4 aromatic rings. The van der Waals surface area contributed by atoms with E-state index in [1.54, 1.807) is 35.3 Å². The van der Waals surface area contributed by atoms with Gasteiger partial charge in [-0.05, 0) is 37.6 Å². The Morgan fingerprint density at radius 3 is 2.75 bits per heavy atom. The molecule has 0 aliphatic carbocycles. The van der Waals surface area contributed by atoms with E-state index in [0.29, 0.717) is 28.1 Å². The van der Waals surface area contributed by atoms with E-state index in [1.807, 2.05) is 44.2 Å². The summed E-state index contributed by atoms with van der Waals surface area (Å²) in [4.78, 5) is 22.9. The molecule has 3 heterocycles. The molecule has 4 rings (SSSR count). The van der Waals surface area contributed by atoms with E-state index in [0.717, 1.165) is 5.56 Å². The minimum atomic E-state index is -0.362. The number of nitrogens with one attached hydrogen (secondary N) is 1. The molecule has 142 valence electrons. The lowest BCUT2D eigenvalue weighted by Gasteiger charge is -2.10. The number of nitrogens with zero attached hydrogens (tertiary/aromatic N) is 3. The highest BCUT2D eigenvalue weighted by atomic mass is 16.6. The summed E-state index contributed by atoms with van der Waals surface area (Å²) in [6.45, 7) is 4.30. The first kappa shape index (κ1) is 17.9. The second kappa shape index (κ2) is 7.66. The van der Waals surface area contributed by atoms with Crippen molar-refractivity contribution in [1.29, 1.82) is 0 Å². The molecule has 1 aromatic carbocycles. The zero-order valence-electron chi connectivity index (χ0n) is 15.6. The van der Waals surface area contributed by atoms with Crippen LogP contribution in [0.5, 0.6) is 0 Å². The van der Waals surface area contributed by atoms with Gasteiger partial charge in [0.2, 0.25) is 0 Å². The van der Waals surface area contributed by atoms with E-state index < -0.39 is 0 Å². The smallest absolute Gasteiger partial charge is 0.275 e. The van der Waals surface area contributed by atoms with Crippen molar-refractivity contribution in [3.63, 3.8) is 0 Å². The average molecular weight is 376 g/mol. The van der Waals surface area contributed by atoms with Crippen molar-refractivity contribution in [3.05, 3.63) is 72.1 Å². The van der Waals surface area contributed by atoms with Gasteiger partial charge >= 0.3 is 0 Å². The van der Waals surface area contributed by atoms with Gasteiger partial charge < -0.3 is 4.42 Å². The summed E-state index contributed by atoms with van der Waals surface area (Å²) in [7, 11) is 0. The highest BCUT2D eigenvalue weighted by Gasteiger charge is 2.19. The second-order valence-corrected chi connectivity index (χ2v) is 6.66. The molecule has 28 heavy (non-hydrogen) atoms. The van der Waals surface area contributed by atoms with Gasteiger partial charge in [-0.1, -0.05) is 30.3 Å². The standard InChI is InChI=1S/C21H20N4O3/c1-14(2)25-20-17(12-22-25)16(11-18(23-20)19-9-6-10-27-19)21(26)24-28-13-15-7-4-3-5-8-15/h3-12,14H,13H2,1-2H3,(H,24,26). The third-order valence-corrected chi connectivity index (χ3v) is 4.32. The third-order valence-electron chi connectivity index (χ3n) is 4.32. The molecule has 0 bridgehead atoms. The molecule has 1 N–H and O–H groups in total. The Morgan fingerprint density at radius 2 is 2.04 bits per heavy atom. The van der Waals surface area contributed by atoms with Crippen LogP contribution in [0.15, 0.2) is 65.4 Å². The fraction of sp³-hybridized carbons (Fsp3) is 0.190. The molecule has 0 spiro atoms. The highest BCUT2D eigenvalue weighted by Crippen LogP contribution is 2.26. The van der Waals surface area contributed by atoms with Crippen LogP contribution in [0.1, 0.15) is 35.8 Å². The number of carbonyl (C=O) groups excluding carboxylic acids is 1. The van der Waals surface area contributed by atoms with Crippen molar-refractivity contribution in [1.82, 2.24) is 20.2 Å². The van der Waals surface area contributed by atoms with Gasteiger partial charge in [-0.2, -0.15) is 5.10 Å². The summed E-state index contributed by atoms with van der Waals surface area (Å²) >= 11 is 0. The van der Waals surface area contributed by atoms with E-state index in [-0.39, 0.29) is 18.6 Å². The maximum absolute atomic E-state index is 12.8. The number of pyridine rings is 1. The predicted molar refractivity (Wildman–Crippen MR) is 104 cm³/mol. The number of hydrogen-bond acceptors (Lipinski definition) is 5. The highest BCUT2D eigenvalue weighted by molar-refractivity contribution is 6.06. The van der Waals surface area contributed by atoms with E-state index in [4.69, 9.17) is 9.25 Å². The molecule has 7 nitrogen and oxygen atoms in total. The van der Waals surface area contributed by atoms with Crippen molar-refractivity contribution < 1.29 is 14.0 Å². The van der Waals surface area contributed by atoms with Gasteiger partial charge in [-0.3, -0.25) is 9.63 Å². The van der Waals surface area contributed by atoms with Gasteiger partial charge in [0.05, 0.1) is 30.0 Å². The summed E-state index contributed by atoms with van der Waals surface area (Å²) < 4.78 is 7.25. The van der Waals surface area contributed by atoms with E-state index >= 15 is 0 Å². The number of hydroxylamine groups is 1. The van der Waals surface area contributed by atoms with Gasteiger partial charge in [-0.15, -0.1) is 0 Å². The Labute approximate surface area is 161 Å². The van der Waals surface area contributed by atoms with E-state index in [9.17, 15) is 4.79 Å². The minimum Gasteiger partial charge on any atom is -0.463 e. The van der Waals surface area contributed by atoms with Crippen molar-refractivity contribution >= 4 is 16.9 Å². The first-order valence-corrected chi connectivity index (χ1v) is 9.01. The lowest BCUT2D eigenvalue weighted by molar-refractivity contribution is 0.0235. The molecule has 1 amide bonds. The molecule has 3 aromatic heterocycles. The minimum absolute atomic E-state index is 0.0992. The number of amides is 1. The van der Waals surface area contributed by atoms with Crippen molar-refractivity contribution in [2.45, 2.75) is 26.5 Å². The largest absolute Gasteiger partial charge is 0.463 e. The fourth-order valence-corrected chi connectivity index (χ4v) is 2.95. The molecule has 0 unspecified atom stereocenters. The Bertz CT molecular complexity index is 1090. The molecule has 7 heteroatoms. The number of hydrogen-bond donors (Lipinski definition) is 1. The Hall–Kier alpha value is -3.45. The Kier molecular flexibility index (Phi) is 4.90. The topological polar surface area (TPSA) is 82.2 Å². The summed E-state index contributed by atoms with van der Waals surface area (Å²) in [5, 5.41) is 5.05. The fourth-order valence-electron chi connectivity index (χ4n) is 2.95. The summed E-state index contributed by atoms with van der Waals surface area (Å²) in [6, 6.07) is 15.0. The van der Waals surface area contributed by atoms with Gasteiger partial charge in [-0.25, -0.2) is 15.1 Å². The van der Waals surface area contributed by atoms with Crippen LogP contribution < -0.4 is 5.48 Å². The Balaban J connectivity index is 1.65.